The zero-order chi connectivity index (χ0) is 14.3. The first kappa shape index (κ1) is 12.6. The largest absolute Gasteiger partial charge is 0.350 e. The van der Waals surface area contributed by atoms with Gasteiger partial charge in [-0.1, -0.05) is 18.2 Å². The average molecular weight is 285 g/mol. The lowest BCUT2D eigenvalue weighted by Crippen LogP contribution is -2.51. The maximum atomic E-state index is 11.8. The number of nitrogens with one attached hydrogen (secondary N) is 2. The van der Waals surface area contributed by atoms with Crippen molar-refractivity contribution in [1.82, 2.24) is 15.2 Å². The summed E-state index contributed by atoms with van der Waals surface area (Å²) in [6.45, 7) is 0. The fourth-order valence-corrected chi connectivity index (χ4v) is 2.44. The number of para-hydroxylation sites is 1. The SMILES string of the molecule is Cn1cc(C=C2C(=O)NC(=S)NC2=O)c2ccccc21. The topological polar surface area (TPSA) is 63.1 Å². The van der Waals surface area contributed by atoms with Gasteiger partial charge in [0.25, 0.3) is 11.8 Å². The smallest absolute Gasteiger partial charge is 0.263 e. The third-order valence-corrected chi connectivity index (χ3v) is 3.38. The van der Waals surface area contributed by atoms with Gasteiger partial charge in [-0.2, -0.15) is 0 Å². The Morgan fingerprint density at radius 2 is 1.80 bits per heavy atom. The molecule has 0 unspecified atom stereocenters. The highest BCUT2D eigenvalue weighted by atomic mass is 32.1. The lowest BCUT2D eigenvalue weighted by molar-refractivity contribution is -0.123. The van der Waals surface area contributed by atoms with E-state index in [1.54, 1.807) is 6.08 Å². The summed E-state index contributed by atoms with van der Waals surface area (Å²) in [5, 5.41) is 5.86. The van der Waals surface area contributed by atoms with Crippen LogP contribution in [0, 0.1) is 0 Å². The van der Waals surface area contributed by atoms with Crippen LogP contribution < -0.4 is 10.6 Å². The molecule has 5 nitrogen and oxygen atoms in total. The van der Waals surface area contributed by atoms with E-state index in [-0.39, 0.29) is 10.7 Å². The normalized spacial score (nSPS) is 15.2. The van der Waals surface area contributed by atoms with Gasteiger partial charge in [-0.25, -0.2) is 0 Å². The minimum absolute atomic E-state index is 0.0371. The quantitative estimate of drug-likeness (QED) is 0.468. The van der Waals surface area contributed by atoms with Crippen molar-refractivity contribution in [3.05, 3.63) is 41.6 Å². The lowest BCUT2D eigenvalue weighted by atomic mass is 10.1. The van der Waals surface area contributed by atoms with Crippen molar-refractivity contribution in [2.24, 2.45) is 7.05 Å². The van der Waals surface area contributed by atoms with Crippen LogP contribution in [0.1, 0.15) is 5.56 Å². The molecule has 20 heavy (non-hydrogen) atoms. The first-order valence-corrected chi connectivity index (χ1v) is 6.39. The van der Waals surface area contributed by atoms with Crippen molar-refractivity contribution in [3.8, 4) is 0 Å². The van der Waals surface area contributed by atoms with Gasteiger partial charge in [0.05, 0.1) is 0 Å². The van der Waals surface area contributed by atoms with E-state index in [2.05, 4.69) is 10.6 Å². The van der Waals surface area contributed by atoms with Gasteiger partial charge in [-0.05, 0) is 24.4 Å². The van der Waals surface area contributed by atoms with Crippen LogP contribution in [0.25, 0.3) is 17.0 Å². The van der Waals surface area contributed by atoms with Gasteiger partial charge >= 0.3 is 0 Å². The lowest BCUT2D eigenvalue weighted by Gasteiger charge is -2.16. The number of hydrogen-bond acceptors (Lipinski definition) is 3. The number of fused-ring (bicyclic) bond motifs is 1. The molecule has 2 N–H and O–H groups in total. The Labute approximate surface area is 120 Å². The van der Waals surface area contributed by atoms with Crippen LogP contribution in [0.5, 0.6) is 0 Å². The standard InChI is InChI=1S/C14H11N3O2S/c1-17-7-8(9-4-2-3-5-11(9)17)6-10-12(18)15-14(20)16-13(10)19/h2-7H,1H3,(H2,15,16,18,19,20). The molecule has 2 aromatic rings. The number of benzene rings is 1. The maximum Gasteiger partial charge on any atom is 0.263 e. The third-order valence-electron chi connectivity index (χ3n) is 3.17. The molecular formula is C14H11N3O2S. The Bertz CT molecular complexity index is 767. The van der Waals surface area contributed by atoms with Crippen molar-refractivity contribution in [2.75, 3.05) is 0 Å². The van der Waals surface area contributed by atoms with Crippen molar-refractivity contribution in [3.63, 3.8) is 0 Å². The van der Waals surface area contributed by atoms with Crippen LogP contribution in [-0.2, 0) is 16.6 Å². The summed E-state index contributed by atoms with van der Waals surface area (Å²) in [5.74, 6) is -0.960. The Morgan fingerprint density at radius 3 is 2.50 bits per heavy atom. The first-order chi connectivity index (χ1) is 9.56. The predicted molar refractivity (Wildman–Crippen MR) is 79.8 cm³/mol. The van der Waals surface area contributed by atoms with Gasteiger partial charge in [-0.15, -0.1) is 0 Å². The highest BCUT2D eigenvalue weighted by Crippen LogP contribution is 2.23. The second kappa shape index (κ2) is 4.57. The van der Waals surface area contributed by atoms with Crippen LogP contribution in [0.2, 0.25) is 0 Å². The van der Waals surface area contributed by atoms with E-state index < -0.39 is 11.8 Å². The van der Waals surface area contributed by atoms with E-state index in [0.29, 0.717) is 0 Å². The van der Waals surface area contributed by atoms with Crippen LogP contribution in [0.4, 0.5) is 0 Å². The number of aromatic nitrogens is 1. The summed E-state index contributed by atoms with van der Waals surface area (Å²) >= 11 is 4.76. The zero-order valence-electron chi connectivity index (χ0n) is 10.6. The molecule has 1 aliphatic rings. The summed E-state index contributed by atoms with van der Waals surface area (Å²) in [7, 11) is 1.92. The molecule has 0 atom stereocenters. The van der Waals surface area contributed by atoms with E-state index in [4.69, 9.17) is 12.2 Å². The molecule has 0 radical (unpaired) electrons. The van der Waals surface area contributed by atoms with Gasteiger partial charge in [0.2, 0.25) is 0 Å². The van der Waals surface area contributed by atoms with Crippen LogP contribution in [-0.4, -0.2) is 21.5 Å². The molecule has 0 aliphatic carbocycles. The highest BCUT2D eigenvalue weighted by molar-refractivity contribution is 7.80. The minimum atomic E-state index is -0.480. The van der Waals surface area contributed by atoms with Crippen LogP contribution in [0.3, 0.4) is 0 Å². The number of amides is 2. The first-order valence-electron chi connectivity index (χ1n) is 5.98. The molecule has 1 aliphatic heterocycles. The average Bonchev–Trinajstić information content (AvgIpc) is 2.71. The molecule has 0 spiro atoms. The molecule has 6 heteroatoms. The van der Waals surface area contributed by atoms with E-state index in [1.807, 2.05) is 42.1 Å². The number of rotatable bonds is 1. The second-order valence-corrected chi connectivity index (χ2v) is 4.92. The van der Waals surface area contributed by atoms with Crippen LogP contribution in [0.15, 0.2) is 36.0 Å². The Balaban J connectivity index is 2.12. The van der Waals surface area contributed by atoms with Gasteiger partial charge in [0, 0.05) is 29.7 Å². The minimum Gasteiger partial charge on any atom is -0.350 e. The molecule has 0 saturated carbocycles. The van der Waals surface area contributed by atoms with Crippen molar-refractivity contribution < 1.29 is 9.59 Å². The number of aryl methyl sites for hydroxylation is 1. The molecule has 1 aromatic carbocycles. The second-order valence-electron chi connectivity index (χ2n) is 4.51. The fraction of sp³-hybridized carbons (Fsp3) is 0.0714. The molecule has 2 heterocycles. The summed E-state index contributed by atoms with van der Waals surface area (Å²) in [6.07, 6.45) is 3.46. The van der Waals surface area contributed by atoms with Gasteiger partial charge < -0.3 is 4.57 Å². The Morgan fingerprint density at radius 1 is 1.15 bits per heavy atom. The molecule has 1 aromatic heterocycles. The van der Waals surface area contributed by atoms with Crippen LogP contribution >= 0.6 is 12.2 Å². The molecule has 2 amide bonds. The fourth-order valence-electron chi connectivity index (χ4n) is 2.25. The number of hydrogen-bond donors (Lipinski definition) is 2. The van der Waals surface area contributed by atoms with E-state index in [1.165, 1.54) is 0 Å². The Hall–Kier alpha value is -2.47. The van der Waals surface area contributed by atoms with Crippen molar-refractivity contribution in [1.29, 1.82) is 0 Å². The third kappa shape index (κ3) is 2.00. The summed E-state index contributed by atoms with van der Waals surface area (Å²) < 4.78 is 1.95. The number of nitrogens with zero attached hydrogens (tertiary/aromatic N) is 1. The predicted octanol–water partition coefficient (Wildman–Crippen LogP) is 1.09. The van der Waals surface area contributed by atoms with E-state index in [0.717, 1.165) is 16.5 Å². The van der Waals surface area contributed by atoms with E-state index in [9.17, 15) is 9.59 Å². The van der Waals surface area contributed by atoms with Gasteiger partial charge in [-0.3, -0.25) is 20.2 Å². The van der Waals surface area contributed by atoms with E-state index >= 15 is 0 Å². The van der Waals surface area contributed by atoms with Gasteiger partial charge in [0.1, 0.15) is 5.57 Å². The molecule has 100 valence electrons. The zero-order valence-corrected chi connectivity index (χ0v) is 11.5. The summed E-state index contributed by atoms with van der Waals surface area (Å²) in [4.78, 5) is 23.7. The van der Waals surface area contributed by atoms with Crippen molar-refractivity contribution >= 4 is 46.1 Å². The molecule has 1 saturated heterocycles. The number of thiocarbonyl (C=S) groups is 1. The highest BCUT2D eigenvalue weighted by Gasteiger charge is 2.26. The number of carbonyl (C=O) groups excluding carboxylic acids is 2. The molecule has 1 fully saturated rings. The molecule has 0 bridgehead atoms. The Kier molecular flexibility index (Phi) is 2.87. The summed E-state index contributed by atoms with van der Waals surface area (Å²) in [6, 6.07) is 7.79. The monoisotopic (exact) mass is 285 g/mol. The van der Waals surface area contributed by atoms with Crippen molar-refractivity contribution in [2.45, 2.75) is 0 Å². The number of carbonyl (C=O) groups is 2. The van der Waals surface area contributed by atoms with Gasteiger partial charge in [0.15, 0.2) is 5.11 Å². The maximum absolute atomic E-state index is 11.8. The molecular weight excluding hydrogens is 274 g/mol. The summed E-state index contributed by atoms with van der Waals surface area (Å²) in [5.41, 5.74) is 1.90. The molecule has 3 rings (SSSR count).